The fourth-order valence-corrected chi connectivity index (χ4v) is 4.62. The van der Waals surface area contributed by atoms with Crippen molar-refractivity contribution in [2.75, 3.05) is 0 Å². The number of ether oxygens (including phenoxy) is 1. The Bertz CT molecular complexity index is 1070. The summed E-state index contributed by atoms with van der Waals surface area (Å²) in [4.78, 5) is 2.13. The highest BCUT2D eigenvalue weighted by Gasteiger charge is 2.26. The molecule has 0 N–H and O–H groups in total. The standard InChI is InChI=1S/C16H10BrN3OS/c1-8-18-19-16-20(8)14-11-6-5-9-10(3-2-4-12(9)17)15(11)21-7-13(14)22-16/h2-6H,7H2,1H3. The minimum absolute atomic E-state index is 0.585. The monoisotopic (exact) mass is 371 g/mol. The summed E-state index contributed by atoms with van der Waals surface area (Å²) < 4.78 is 9.30. The van der Waals surface area contributed by atoms with Crippen LogP contribution in [0.3, 0.4) is 0 Å². The van der Waals surface area contributed by atoms with Crippen LogP contribution in [0.2, 0.25) is 0 Å². The number of rotatable bonds is 0. The van der Waals surface area contributed by atoms with Gasteiger partial charge in [0.15, 0.2) is 0 Å². The summed E-state index contributed by atoms with van der Waals surface area (Å²) >= 11 is 5.26. The van der Waals surface area contributed by atoms with Gasteiger partial charge in [0.05, 0.1) is 10.6 Å². The molecule has 6 heteroatoms. The lowest BCUT2D eigenvalue weighted by Crippen LogP contribution is -2.06. The molecule has 108 valence electrons. The molecule has 3 heterocycles. The second kappa shape index (κ2) is 4.30. The number of aryl methyl sites for hydroxylation is 1. The van der Waals surface area contributed by atoms with E-state index >= 15 is 0 Å². The molecule has 0 unspecified atom stereocenters. The van der Waals surface area contributed by atoms with Gasteiger partial charge >= 0.3 is 0 Å². The third-order valence-electron chi connectivity index (χ3n) is 4.06. The van der Waals surface area contributed by atoms with E-state index in [0.717, 1.165) is 37.3 Å². The Labute approximate surface area is 138 Å². The highest BCUT2D eigenvalue weighted by atomic mass is 79.9. The molecule has 0 radical (unpaired) electrons. The predicted molar refractivity (Wildman–Crippen MR) is 90.6 cm³/mol. The number of halogens is 1. The third kappa shape index (κ3) is 1.51. The molecule has 0 atom stereocenters. The number of hydrogen-bond donors (Lipinski definition) is 0. The second-order valence-electron chi connectivity index (χ2n) is 5.30. The molecule has 1 aliphatic rings. The van der Waals surface area contributed by atoms with Gasteiger partial charge in [0.25, 0.3) is 0 Å². The van der Waals surface area contributed by atoms with Crippen molar-refractivity contribution in [3.63, 3.8) is 0 Å². The molecule has 0 spiro atoms. The number of benzene rings is 2. The number of thiazole rings is 1. The molecule has 2 aromatic heterocycles. The summed E-state index contributed by atoms with van der Waals surface area (Å²) in [7, 11) is 0. The summed E-state index contributed by atoms with van der Waals surface area (Å²) in [5.74, 6) is 1.86. The highest BCUT2D eigenvalue weighted by molar-refractivity contribution is 9.10. The van der Waals surface area contributed by atoms with Gasteiger partial charge in [-0.2, -0.15) is 0 Å². The van der Waals surface area contributed by atoms with Crippen molar-refractivity contribution in [2.24, 2.45) is 0 Å². The van der Waals surface area contributed by atoms with Gasteiger partial charge < -0.3 is 4.74 Å². The molecule has 0 aliphatic carbocycles. The van der Waals surface area contributed by atoms with Crippen molar-refractivity contribution in [3.8, 4) is 17.0 Å². The van der Waals surface area contributed by atoms with Gasteiger partial charge in [-0.1, -0.05) is 45.5 Å². The van der Waals surface area contributed by atoms with Crippen LogP contribution in [0.1, 0.15) is 10.7 Å². The van der Waals surface area contributed by atoms with Crippen molar-refractivity contribution >= 4 is 43.0 Å². The molecule has 0 saturated heterocycles. The van der Waals surface area contributed by atoms with E-state index in [9.17, 15) is 0 Å². The van der Waals surface area contributed by atoms with Crippen molar-refractivity contribution in [3.05, 3.63) is 45.5 Å². The summed E-state index contributed by atoms with van der Waals surface area (Å²) in [5.41, 5.74) is 2.28. The SMILES string of the molecule is Cc1nnc2sc3c(n12)-c1ccc2c(Br)cccc2c1OC3. The minimum atomic E-state index is 0.585. The largest absolute Gasteiger partial charge is 0.487 e. The Kier molecular flexibility index (Phi) is 2.46. The molecule has 4 aromatic rings. The summed E-state index contributed by atoms with van der Waals surface area (Å²) in [5, 5.41) is 10.7. The molecule has 4 nitrogen and oxygen atoms in total. The van der Waals surface area contributed by atoms with Gasteiger partial charge in [0.2, 0.25) is 4.96 Å². The smallest absolute Gasteiger partial charge is 0.217 e. The van der Waals surface area contributed by atoms with E-state index in [1.165, 1.54) is 10.6 Å². The van der Waals surface area contributed by atoms with Gasteiger partial charge in [0, 0.05) is 15.4 Å². The Balaban J connectivity index is 1.93. The lowest BCUT2D eigenvalue weighted by molar-refractivity contribution is 0.309. The topological polar surface area (TPSA) is 39.4 Å². The van der Waals surface area contributed by atoms with E-state index in [-0.39, 0.29) is 0 Å². The molecule has 0 bridgehead atoms. The van der Waals surface area contributed by atoms with E-state index < -0.39 is 0 Å². The van der Waals surface area contributed by atoms with Crippen LogP contribution in [0.4, 0.5) is 0 Å². The maximum Gasteiger partial charge on any atom is 0.217 e. The molecule has 5 rings (SSSR count). The van der Waals surface area contributed by atoms with Crippen LogP contribution in [0.5, 0.6) is 5.75 Å². The molecule has 1 aliphatic heterocycles. The van der Waals surface area contributed by atoms with Crippen LogP contribution in [0.25, 0.3) is 27.0 Å². The molecule has 22 heavy (non-hydrogen) atoms. The number of aromatic nitrogens is 3. The molecular weight excluding hydrogens is 362 g/mol. The first kappa shape index (κ1) is 12.6. The van der Waals surface area contributed by atoms with Crippen LogP contribution in [0, 0.1) is 6.92 Å². The number of fused-ring (bicyclic) bond motifs is 7. The summed E-state index contributed by atoms with van der Waals surface area (Å²) in [6.45, 7) is 2.57. The summed E-state index contributed by atoms with van der Waals surface area (Å²) in [6.07, 6.45) is 0. The van der Waals surface area contributed by atoms with Crippen molar-refractivity contribution in [2.45, 2.75) is 13.5 Å². The minimum Gasteiger partial charge on any atom is -0.487 e. The number of nitrogens with zero attached hydrogens (tertiary/aromatic N) is 3. The Morgan fingerprint density at radius 1 is 1.18 bits per heavy atom. The van der Waals surface area contributed by atoms with Crippen LogP contribution in [0.15, 0.2) is 34.8 Å². The quantitative estimate of drug-likeness (QED) is 0.454. The van der Waals surface area contributed by atoms with Crippen LogP contribution >= 0.6 is 27.3 Å². The maximum absolute atomic E-state index is 6.09. The predicted octanol–water partition coefficient (Wildman–Crippen LogP) is 4.57. The van der Waals surface area contributed by atoms with Crippen molar-refractivity contribution in [1.29, 1.82) is 0 Å². The van der Waals surface area contributed by atoms with Gasteiger partial charge in [0.1, 0.15) is 18.2 Å². The van der Waals surface area contributed by atoms with Gasteiger partial charge in [-0.25, -0.2) is 0 Å². The van der Waals surface area contributed by atoms with Crippen LogP contribution < -0.4 is 4.74 Å². The fraction of sp³-hybridized carbons (Fsp3) is 0.125. The van der Waals surface area contributed by atoms with Crippen LogP contribution in [-0.2, 0) is 6.61 Å². The van der Waals surface area contributed by atoms with E-state index in [2.05, 4.69) is 54.8 Å². The zero-order valence-electron chi connectivity index (χ0n) is 11.6. The lowest BCUT2D eigenvalue weighted by Gasteiger charge is -2.20. The van der Waals surface area contributed by atoms with Gasteiger partial charge in [-0.3, -0.25) is 4.40 Å². The van der Waals surface area contributed by atoms with E-state index in [4.69, 9.17) is 4.74 Å². The lowest BCUT2D eigenvalue weighted by atomic mass is 10.0. The first-order valence-electron chi connectivity index (χ1n) is 6.92. The van der Waals surface area contributed by atoms with Crippen LogP contribution in [-0.4, -0.2) is 14.6 Å². The zero-order valence-corrected chi connectivity index (χ0v) is 14.0. The van der Waals surface area contributed by atoms with Crippen molar-refractivity contribution in [1.82, 2.24) is 14.6 Å². The maximum atomic E-state index is 6.09. The third-order valence-corrected chi connectivity index (χ3v) is 5.75. The average molecular weight is 372 g/mol. The van der Waals surface area contributed by atoms with E-state index in [0.29, 0.717) is 6.61 Å². The summed E-state index contributed by atoms with van der Waals surface area (Å²) in [6, 6.07) is 10.5. The molecule has 0 fully saturated rings. The molecule has 0 saturated carbocycles. The van der Waals surface area contributed by atoms with E-state index in [1.54, 1.807) is 11.3 Å². The fourth-order valence-electron chi connectivity index (χ4n) is 3.09. The second-order valence-corrected chi connectivity index (χ2v) is 7.22. The molecule has 2 aromatic carbocycles. The molecular formula is C16H10BrN3OS. The first-order valence-corrected chi connectivity index (χ1v) is 8.53. The number of hydrogen-bond acceptors (Lipinski definition) is 4. The van der Waals surface area contributed by atoms with Crippen molar-refractivity contribution < 1.29 is 4.74 Å². The average Bonchev–Trinajstić information content (AvgIpc) is 3.07. The van der Waals surface area contributed by atoms with Gasteiger partial charge in [-0.05, 0) is 24.4 Å². The normalized spacial score (nSPS) is 13.2. The Morgan fingerprint density at radius 2 is 2.09 bits per heavy atom. The zero-order chi connectivity index (χ0) is 14.8. The van der Waals surface area contributed by atoms with E-state index in [1.807, 2.05) is 13.0 Å². The highest BCUT2D eigenvalue weighted by Crippen LogP contribution is 2.45. The molecule has 0 amide bonds. The van der Waals surface area contributed by atoms with Gasteiger partial charge in [-0.15, -0.1) is 10.2 Å². The Hall–Kier alpha value is -1.92. The Morgan fingerprint density at radius 3 is 3.00 bits per heavy atom. The first-order chi connectivity index (χ1) is 10.7.